The smallest absolute Gasteiger partial charge is 0.234 e. The number of carbonyl (C=O) groups is 1. The van der Waals surface area contributed by atoms with Gasteiger partial charge in [0.15, 0.2) is 0 Å². The Morgan fingerprint density at radius 3 is 2.32 bits per heavy atom. The summed E-state index contributed by atoms with van der Waals surface area (Å²) in [5.41, 5.74) is 6.27. The molecule has 1 unspecified atom stereocenters. The maximum absolute atomic E-state index is 12.3. The summed E-state index contributed by atoms with van der Waals surface area (Å²) in [7, 11) is 0. The van der Waals surface area contributed by atoms with E-state index in [1.54, 1.807) is 0 Å². The molecule has 1 amide bonds. The molecule has 1 saturated carbocycles. The predicted molar refractivity (Wildman–Crippen MR) is 94.3 cm³/mol. The molecule has 4 nitrogen and oxygen atoms in total. The Labute approximate surface area is 142 Å². The van der Waals surface area contributed by atoms with Crippen molar-refractivity contribution in [3.05, 3.63) is 0 Å². The van der Waals surface area contributed by atoms with E-state index in [2.05, 4.69) is 24.1 Å². The second kappa shape index (κ2) is 9.09. The average Bonchev–Trinajstić information content (AvgIpc) is 2.36. The van der Waals surface area contributed by atoms with Crippen molar-refractivity contribution in [1.29, 1.82) is 0 Å². The largest absolute Gasteiger partial charge is 0.352 e. The number of hydrogen-bond acceptors (Lipinski definition) is 3. The molecule has 0 spiro atoms. The number of carbonyl (C=O) groups excluding carboxylic acids is 1. The van der Waals surface area contributed by atoms with Crippen molar-refractivity contribution in [3.8, 4) is 0 Å². The second-order valence-electron chi connectivity index (χ2n) is 7.70. The van der Waals surface area contributed by atoms with Gasteiger partial charge in [-0.15, -0.1) is 12.4 Å². The molecule has 0 bridgehead atoms. The Kier molecular flexibility index (Phi) is 8.15. The zero-order chi connectivity index (χ0) is 15.3. The van der Waals surface area contributed by atoms with E-state index in [-0.39, 0.29) is 29.8 Å². The summed E-state index contributed by atoms with van der Waals surface area (Å²) in [4.78, 5) is 14.6. The van der Waals surface area contributed by atoms with E-state index in [1.165, 1.54) is 32.1 Å². The maximum Gasteiger partial charge on any atom is 0.234 e. The van der Waals surface area contributed by atoms with Crippen molar-refractivity contribution in [2.24, 2.45) is 11.1 Å². The quantitative estimate of drug-likeness (QED) is 0.836. The molecule has 0 aromatic heterocycles. The van der Waals surface area contributed by atoms with Gasteiger partial charge in [-0.25, -0.2) is 0 Å². The summed E-state index contributed by atoms with van der Waals surface area (Å²) >= 11 is 0. The first-order valence-corrected chi connectivity index (χ1v) is 8.75. The van der Waals surface area contributed by atoms with E-state index in [9.17, 15) is 4.79 Å². The SMILES string of the molecule is CC1(C)CN(CC(=O)NC2CCCCCCC2)CCC1N.Cl. The van der Waals surface area contributed by atoms with E-state index in [4.69, 9.17) is 5.73 Å². The number of nitrogens with zero attached hydrogens (tertiary/aromatic N) is 1. The van der Waals surface area contributed by atoms with Crippen molar-refractivity contribution >= 4 is 18.3 Å². The fourth-order valence-electron chi connectivity index (χ4n) is 3.70. The molecule has 0 aromatic rings. The molecule has 1 aliphatic carbocycles. The van der Waals surface area contributed by atoms with Crippen molar-refractivity contribution in [2.75, 3.05) is 19.6 Å². The first-order valence-electron chi connectivity index (χ1n) is 8.75. The molecular weight excluding hydrogens is 298 g/mol. The van der Waals surface area contributed by atoms with Crippen molar-refractivity contribution in [2.45, 2.75) is 77.3 Å². The third-order valence-corrected chi connectivity index (χ3v) is 5.23. The predicted octanol–water partition coefficient (Wildman–Crippen LogP) is 2.70. The molecular formula is C17H34ClN3O. The van der Waals surface area contributed by atoms with E-state index < -0.39 is 0 Å². The molecule has 1 atom stereocenters. The summed E-state index contributed by atoms with van der Waals surface area (Å²) in [5, 5.41) is 3.26. The van der Waals surface area contributed by atoms with Crippen LogP contribution in [0.1, 0.15) is 65.2 Å². The Morgan fingerprint density at radius 1 is 1.14 bits per heavy atom. The summed E-state index contributed by atoms with van der Waals surface area (Å²) in [5.74, 6) is 0.201. The first-order chi connectivity index (χ1) is 9.97. The minimum absolute atomic E-state index is 0. The van der Waals surface area contributed by atoms with Crippen molar-refractivity contribution in [1.82, 2.24) is 10.2 Å². The Balaban J connectivity index is 0.00000242. The number of likely N-dealkylation sites (tertiary alicyclic amines) is 1. The number of amides is 1. The van der Waals surface area contributed by atoms with Gasteiger partial charge in [-0.1, -0.05) is 46.0 Å². The van der Waals surface area contributed by atoms with Crippen molar-refractivity contribution < 1.29 is 4.79 Å². The van der Waals surface area contributed by atoms with E-state index in [1.807, 2.05) is 0 Å². The lowest BCUT2D eigenvalue weighted by Gasteiger charge is -2.42. The summed E-state index contributed by atoms with van der Waals surface area (Å²) in [6.45, 7) is 6.81. The van der Waals surface area contributed by atoms with E-state index >= 15 is 0 Å². The first kappa shape index (κ1) is 19.7. The van der Waals surface area contributed by atoms with Crippen LogP contribution in [-0.2, 0) is 4.79 Å². The van der Waals surface area contributed by atoms with Crippen LogP contribution < -0.4 is 11.1 Å². The summed E-state index contributed by atoms with van der Waals surface area (Å²) in [6, 6.07) is 0.653. The zero-order valence-electron chi connectivity index (χ0n) is 14.3. The van der Waals surface area contributed by atoms with Crippen LogP contribution in [0.25, 0.3) is 0 Å². The maximum atomic E-state index is 12.3. The monoisotopic (exact) mass is 331 g/mol. The lowest BCUT2D eigenvalue weighted by atomic mass is 9.80. The second-order valence-corrected chi connectivity index (χ2v) is 7.70. The van der Waals surface area contributed by atoms with Gasteiger partial charge in [-0.3, -0.25) is 9.69 Å². The van der Waals surface area contributed by atoms with Gasteiger partial charge in [-0.05, 0) is 24.7 Å². The van der Waals surface area contributed by atoms with E-state index in [0.717, 1.165) is 32.4 Å². The Bertz CT molecular complexity index is 341. The lowest BCUT2D eigenvalue weighted by molar-refractivity contribution is -0.123. The van der Waals surface area contributed by atoms with Crippen LogP contribution in [0.5, 0.6) is 0 Å². The highest BCUT2D eigenvalue weighted by Gasteiger charge is 2.34. The Morgan fingerprint density at radius 2 is 1.73 bits per heavy atom. The highest BCUT2D eigenvalue weighted by atomic mass is 35.5. The van der Waals surface area contributed by atoms with Gasteiger partial charge in [-0.2, -0.15) is 0 Å². The fraction of sp³-hybridized carbons (Fsp3) is 0.941. The van der Waals surface area contributed by atoms with Crippen LogP contribution in [0.2, 0.25) is 0 Å². The number of rotatable bonds is 3. The molecule has 2 rings (SSSR count). The van der Waals surface area contributed by atoms with Crippen LogP contribution in [-0.4, -0.2) is 42.5 Å². The highest BCUT2D eigenvalue weighted by molar-refractivity contribution is 5.85. The molecule has 2 aliphatic rings. The van der Waals surface area contributed by atoms with Gasteiger partial charge in [0.25, 0.3) is 0 Å². The van der Waals surface area contributed by atoms with Gasteiger partial charge in [0, 0.05) is 25.2 Å². The normalized spacial score (nSPS) is 27.3. The highest BCUT2D eigenvalue weighted by Crippen LogP contribution is 2.27. The average molecular weight is 332 g/mol. The van der Waals surface area contributed by atoms with E-state index in [0.29, 0.717) is 12.6 Å². The number of piperidine rings is 1. The molecule has 1 heterocycles. The van der Waals surface area contributed by atoms with Crippen LogP contribution in [0.3, 0.4) is 0 Å². The van der Waals surface area contributed by atoms with Crippen LogP contribution in [0.4, 0.5) is 0 Å². The summed E-state index contributed by atoms with van der Waals surface area (Å²) in [6.07, 6.45) is 9.83. The number of nitrogens with one attached hydrogen (secondary N) is 1. The van der Waals surface area contributed by atoms with Gasteiger partial charge >= 0.3 is 0 Å². The molecule has 0 radical (unpaired) electrons. The molecule has 0 aromatic carbocycles. The lowest BCUT2D eigenvalue weighted by Crippen LogP contribution is -2.54. The third-order valence-electron chi connectivity index (χ3n) is 5.23. The Hall–Kier alpha value is -0.320. The molecule has 1 saturated heterocycles. The van der Waals surface area contributed by atoms with Crippen molar-refractivity contribution in [3.63, 3.8) is 0 Å². The molecule has 22 heavy (non-hydrogen) atoms. The topological polar surface area (TPSA) is 58.4 Å². The number of halogens is 1. The minimum Gasteiger partial charge on any atom is -0.352 e. The van der Waals surface area contributed by atoms with Crippen LogP contribution in [0.15, 0.2) is 0 Å². The zero-order valence-corrected chi connectivity index (χ0v) is 15.1. The minimum atomic E-state index is 0. The summed E-state index contributed by atoms with van der Waals surface area (Å²) < 4.78 is 0. The number of hydrogen-bond donors (Lipinski definition) is 2. The molecule has 2 fully saturated rings. The standard InChI is InChI=1S/C17H33N3O.ClH/c1-17(2)13-20(11-10-15(17)18)12-16(21)19-14-8-6-4-3-5-7-9-14;/h14-15H,3-13,18H2,1-2H3,(H,19,21);1H. The fourth-order valence-corrected chi connectivity index (χ4v) is 3.70. The molecule has 3 N–H and O–H groups in total. The van der Waals surface area contributed by atoms with Crippen LogP contribution in [0, 0.1) is 5.41 Å². The van der Waals surface area contributed by atoms with Crippen LogP contribution >= 0.6 is 12.4 Å². The van der Waals surface area contributed by atoms with Gasteiger partial charge < -0.3 is 11.1 Å². The molecule has 1 aliphatic heterocycles. The van der Waals surface area contributed by atoms with Gasteiger partial charge in [0.05, 0.1) is 6.54 Å². The van der Waals surface area contributed by atoms with Gasteiger partial charge in [0.2, 0.25) is 5.91 Å². The van der Waals surface area contributed by atoms with Gasteiger partial charge in [0.1, 0.15) is 0 Å². The third kappa shape index (κ3) is 6.05. The molecule has 130 valence electrons. The number of nitrogens with two attached hydrogens (primary N) is 1. The molecule has 5 heteroatoms.